The predicted molar refractivity (Wildman–Crippen MR) is 196 cm³/mol. The minimum absolute atomic E-state index is 0.0719. The van der Waals surface area contributed by atoms with Crippen LogP contribution < -0.4 is 27.0 Å². The molecule has 1 saturated carbocycles. The van der Waals surface area contributed by atoms with Gasteiger partial charge in [0.25, 0.3) is 5.91 Å². The van der Waals surface area contributed by atoms with Gasteiger partial charge in [0, 0.05) is 13.0 Å². The Bertz CT molecular complexity index is 1310. The minimum atomic E-state index is -1.26. The standard InChI is InChI=1S/C37H64N6O10/c1-11-15-24(29(45)32(48)39-19-27(44)40-25(30(38)46)21-51-35(2,3)4)41-31(47)26-18-23(52-36(5,6)7)20-43(26)33(49)28(22-16-13-12-14-17-22)42-34(50)53-37(8,9)10/h22-26,28H,11-21H2,1-10H3,(H2,38,46)(H,39,48)(H,40,44)(H,41,47)(H,42,50)/t23-,24?,25+,26+,28+/m1/s1. The molecule has 2 rings (SSSR count). The zero-order valence-electron chi connectivity index (χ0n) is 33.3. The third-order valence-corrected chi connectivity index (χ3v) is 8.63. The van der Waals surface area contributed by atoms with Crippen molar-refractivity contribution < 1.29 is 47.8 Å². The summed E-state index contributed by atoms with van der Waals surface area (Å²) in [5.74, 6) is -4.99. The van der Waals surface area contributed by atoms with Crippen molar-refractivity contribution in [2.75, 3.05) is 19.7 Å². The highest BCUT2D eigenvalue weighted by Crippen LogP contribution is 2.31. The molecule has 2 fully saturated rings. The molecule has 1 heterocycles. The number of ether oxygens (including phenoxy) is 3. The Labute approximate surface area is 314 Å². The number of hydrogen-bond donors (Lipinski definition) is 5. The molecule has 0 aromatic heterocycles. The fourth-order valence-electron chi connectivity index (χ4n) is 6.34. The fraction of sp³-hybridized carbons (Fsp3) is 0.811. The van der Waals surface area contributed by atoms with Crippen LogP contribution in [0.25, 0.3) is 0 Å². The van der Waals surface area contributed by atoms with Crippen LogP contribution in [-0.2, 0) is 43.0 Å². The quantitative estimate of drug-likeness (QED) is 0.144. The molecule has 0 radical (unpaired) electrons. The van der Waals surface area contributed by atoms with Gasteiger partial charge in [0.05, 0.1) is 36.5 Å². The van der Waals surface area contributed by atoms with Crippen LogP contribution in [0.2, 0.25) is 0 Å². The average Bonchev–Trinajstić information content (AvgIpc) is 3.45. The number of hydrogen-bond acceptors (Lipinski definition) is 10. The number of rotatable bonds is 16. The van der Waals surface area contributed by atoms with E-state index in [-0.39, 0.29) is 31.9 Å². The first-order valence-electron chi connectivity index (χ1n) is 18.7. The third kappa shape index (κ3) is 16.0. The van der Waals surface area contributed by atoms with Gasteiger partial charge in [0.2, 0.25) is 29.4 Å². The number of nitrogens with two attached hydrogens (primary N) is 1. The lowest BCUT2D eigenvalue weighted by molar-refractivity contribution is -0.144. The van der Waals surface area contributed by atoms with E-state index in [4.69, 9.17) is 19.9 Å². The highest BCUT2D eigenvalue weighted by Gasteiger charge is 2.46. The molecule has 6 amide bonds. The van der Waals surface area contributed by atoms with Gasteiger partial charge in [0.15, 0.2) is 0 Å². The molecule has 0 bridgehead atoms. The summed E-state index contributed by atoms with van der Waals surface area (Å²) in [6.45, 7) is 17.1. The Balaban J connectivity index is 2.24. The first kappa shape index (κ1) is 45.4. The summed E-state index contributed by atoms with van der Waals surface area (Å²) in [6.07, 6.45) is 3.63. The first-order valence-corrected chi connectivity index (χ1v) is 18.7. The van der Waals surface area contributed by atoms with Gasteiger partial charge < -0.3 is 46.1 Å². The second kappa shape index (κ2) is 19.5. The molecule has 53 heavy (non-hydrogen) atoms. The van der Waals surface area contributed by atoms with Crippen molar-refractivity contribution in [2.24, 2.45) is 11.7 Å². The van der Waals surface area contributed by atoms with Crippen LogP contribution in [0.3, 0.4) is 0 Å². The van der Waals surface area contributed by atoms with E-state index >= 15 is 0 Å². The zero-order valence-corrected chi connectivity index (χ0v) is 33.3. The minimum Gasteiger partial charge on any atom is -0.444 e. The molecule has 1 aliphatic carbocycles. The summed E-state index contributed by atoms with van der Waals surface area (Å²) in [4.78, 5) is 93.4. The number of Topliss-reactive ketones (excluding diaryl/α,β-unsaturated/α-hetero) is 1. The van der Waals surface area contributed by atoms with E-state index in [1.54, 1.807) is 48.5 Å². The van der Waals surface area contributed by atoms with E-state index in [0.29, 0.717) is 19.3 Å². The molecule has 1 saturated heterocycles. The lowest BCUT2D eigenvalue weighted by Gasteiger charge is -2.35. The van der Waals surface area contributed by atoms with Crippen molar-refractivity contribution in [3.8, 4) is 0 Å². The van der Waals surface area contributed by atoms with E-state index in [9.17, 15) is 33.6 Å². The number of nitrogens with zero attached hydrogens (tertiary/aromatic N) is 1. The van der Waals surface area contributed by atoms with Gasteiger partial charge in [-0.15, -0.1) is 0 Å². The topological polar surface area (TPSA) is 225 Å². The van der Waals surface area contributed by atoms with Crippen LogP contribution in [-0.4, -0.2) is 113 Å². The predicted octanol–water partition coefficient (Wildman–Crippen LogP) is 2.00. The molecular formula is C37H64N6O10. The van der Waals surface area contributed by atoms with E-state index in [0.717, 1.165) is 19.3 Å². The maximum atomic E-state index is 14.4. The summed E-state index contributed by atoms with van der Waals surface area (Å²) in [5.41, 5.74) is 3.39. The van der Waals surface area contributed by atoms with Crippen LogP contribution in [0.1, 0.15) is 121 Å². The van der Waals surface area contributed by atoms with Crippen molar-refractivity contribution in [3.05, 3.63) is 0 Å². The molecule has 1 unspecified atom stereocenters. The summed E-state index contributed by atoms with van der Waals surface area (Å²) in [5, 5.41) is 10.1. The van der Waals surface area contributed by atoms with E-state index in [2.05, 4.69) is 21.3 Å². The molecule has 16 nitrogen and oxygen atoms in total. The Kier molecular flexibility index (Phi) is 16.7. The smallest absolute Gasteiger partial charge is 0.408 e. The van der Waals surface area contributed by atoms with E-state index in [1.807, 2.05) is 20.8 Å². The maximum absolute atomic E-state index is 14.4. The van der Waals surface area contributed by atoms with Gasteiger partial charge in [0.1, 0.15) is 23.7 Å². The van der Waals surface area contributed by atoms with E-state index in [1.165, 1.54) is 4.90 Å². The molecule has 1 aliphatic heterocycles. The van der Waals surface area contributed by atoms with Crippen LogP contribution in [0, 0.1) is 5.92 Å². The number of nitrogens with one attached hydrogen (secondary N) is 4. The van der Waals surface area contributed by atoms with E-state index < -0.39 is 95.0 Å². The Morgan fingerprint density at radius 1 is 0.811 bits per heavy atom. The largest absolute Gasteiger partial charge is 0.444 e. The van der Waals surface area contributed by atoms with Crippen molar-refractivity contribution in [3.63, 3.8) is 0 Å². The molecule has 0 spiro atoms. The molecule has 0 aromatic rings. The molecule has 2 aliphatic rings. The van der Waals surface area contributed by atoms with Crippen LogP contribution >= 0.6 is 0 Å². The molecule has 5 atom stereocenters. The lowest BCUT2D eigenvalue weighted by atomic mass is 9.83. The number of carbonyl (C=O) groups is 7. The van der Waals surface area contributed by atoms with Gasteiger partial charge >= 0.3 is 6.09 Å². The van der Waals surface area contributed by atoms with Crippen molar-refractivity contribution in [2.45, 2.75) is 168 Å². The second-order valence-electron chi connectivity index (χ2n) is 17.0. The van der Waals surface area contributed by atoms with Gasteiger partial charge in [-0.3, -0.25) is 28.8 Å². The van der Waals surface area contributed by atoms with Gasteiger partial charge in [-0.05, 0) is 87.5 Å². The number of likely N-dealkylation sites (tertiary alicyclic amines) is 1. The van der Waals surface area contributed by atoms with Crippen molar-refractivity contribution in [1.29, 1.82) is 0 Å². The van der Waals surface area contributed by atoms with Crippen molar-refractivity contribution >= 4 is 41.4 Å². The molecular weight excluding hydrogens is 688 g/mol. The number of primary amides is 1. The van der Waals surface area contributed by atoms with Gasteiger partial charge in [-0.1, -0.05) is 32.6 Å². The summed E-state index contributed by atoms with van der Waals surface area (Å²) in [7, 11) is 0. The molecule has 16 heteroatoms. The second-order valence-corrected chi connectivity index (χ2v) is 17.0. The van der Waals surface area contributed by atoms with Crippen LogP contribution in [0.5, 0.6) is 0 Å². The summed E-state index contributed by atoms with van der Waals surface area (Å²) < 4.78 is 17.2. The van der Waals surface area contributed by atoms with Crippen molar-refractivity contribution in [1.82, 2.24) is 26.2 Å². The van der Waals surface area contributed by atoms with Crippen LogP contribution in [0.4, 0.5) is 4.79 Å². The summed E-state index contributed by atoms with van der Waals surface area (Å²) >= 11 is 0. The Morgan fingerprint density at radius 2 is 1.43 bits per heavy atom. The maximum Gasteiger partial charge on any atom is 0.408 e. The fourth-order valence-corrected chi connectivity index (χ4v) is 6.34. The lowest BCUT2D eigenvalue weighted by Crippen LogP contribution is -2.58. The summed E-state index contributed by atoms with van der Waals surface area (Å²) in [6, 6.07) is -4.44. The Morgan fingerprint density at radius 3 is 1.96 bits per heavy atom. The Hall–Kier alpha value is -3.79. The number of amides is 6. The first-order chi connectivity index (χ1) is 24.4. The molecule has 6 N–H and O–H groups in total. The SMILES string of the molecule is CCCC(NC(=O)[C@@H]1C[C@@H](OC(C)(C)C)CN1C(=O)[C@@H](NC(=O)OC(C)(C)C)C1CCCCC1)C(=O)C(=O)NCC(=O)N[C@@H](COC(C)(C)C)C(N)=O. The average molecular weight is 753 g/mol. The zero-order chi connectivity index (χ0) is 40.3. The van der Waals surface area contributed by atoms with Crippen LogP contribution in [0.15, 0.2) is 0 Å². The highest BCUT2D eigenvalue weighted by molar-refractivity contribution is 6.38. The molecule has 302 valence electrons. The highest BCUT2D eigenvalue weighted by atomic mass is 16.6. The molecule has 0 aromatic carbocycles. The normalized spacial score (nSPS) is 20.1. The monoisotopic (exact) mass is 752 g/mol. The number of carbonyl (C=O) groups excluding carboxylic acids is 7. The van der Waals surface area contributed by atoms with Gasteiger partial charge in [-0.25, -0.2) is 4.79 Å². The van der Waals surface area contributed by atoms with Gasteiger partial charge in [-0.2, -0.15) is 0 Å². The third-order valence-electron chi connectivity index (χ3n) is 8.63. The number of alkyl carbamates (subject to hydrolysis) is 1. The number of ketones is 1.